The van der Waals surface area contributed by atoms with Crippen LogP contribution in [0, 0.1) is 5.92 Å². The molecule has 1 aromatic carbocycles. The van der Waals surface area contributed by atoms with Gasteiger partial charge >= 0.3 is 5.97 Å². The van der Waals surface area contributed by atoms with Crippen molar-refractivity contribution in [3.05, 3.63) is 35.9 Å². The second-order valence-corrected chi connectivity index (χ2v) is 4.54. The van der Waals surface area contributed by atoms with Crippen molar-refractivity contribution in [2.24, 2.45) is 5.92 Å². The summed E-state index contributed by atoms with van der Waals surface area (Å²) in [6.07, 6.45) is 0.702. The molecule has 1 heterocycles. The average molecular weight is 247 g/mol. The number of hydrogen-bond donors (Lipinski definition) is 0. The van der Waals surface area contributed by atoms with Gasteiger partial charge in [0.25, 0.3) is 0 Å². The zero-order valence-electron chi connectivity index (χ0n) is 10.5. The predicted molar refractivity (Wildman–Crippen MR) is 66.6 cm³/mol. The van der Waals surface area contributed by atoms with E-state index >= 15 is 0 Å². The van der Waals surface area contributed by atoms with Crippen LogP contribution >= 0.6 is 0 Å². The van der Waals surface area contributed by atoms with Crippen LogP contribution in [0.3, 0.4) is 0 Å². The van der Waals surface area contributed by atoms with E-state index in [1.165, 1.54) is 6.92 Å². The van der Waals surface area contributed by atoms with E-state index in [4.69, 9.17) is 4.74 Å². The monoisotopic (exact) mass is 247 g/mol. The minimum atomic E-state index is -0.206. The van der Waals surface area contributed by atoms with Crippen LogP contribution in [0.25, 0.3) is 0 Å². The first-order chi connectivity index (χ1) is 8.66. The summed E-state index contributed by atoms with van der Waals surface area (Å²) in [5, 5.41) is 0. The van der Waals surface area contributed by atoms with Crippen molar-refractivity contribution in [2.75, 3.05) is 13.1 Å². The molecule has 1 saturated heterocycles. The normalized spacial score (nSPS) is 18.7. The molecule has 1 aromatic rings. The number of carbonyl (C=O) groups excluding carboxylic acids is 2. The van der Waals surface area contributed by atoms with Gasteiger partial charge < -0.3 is 9.64 Å². The Morgan fingerprint density at radius 1 is 1.33 bits per heavy atom. The molecule has 0 radical (unpaired) electrons. The Morgan fingerprint density at radius 2 is 2.06 bits per heavy atom. The van der Waals surface area contributed by atoms with Gasteiger partial charge in [-0.05, 0) is 12.0 Å². The molecule has 0 bridgehead atoms. The first-order valence-corrected chi connectivity index (χ1v) is 6.13. The fourth-order valence-electron chi connectivity index (χ4n) is 2.09. The third-order valence-corrected chi connectivity index (χ3v) is 3.19. The number of nitrogens with zero attached hydrogens (tertiary/aromatic N) is 1. The van der Waals surface area contributed by atoms with Crippen LogP contribution in [0.5, 0.6) is 0 Å². The van der Waals surface area contributed by atoms with Crippen LogP contribution in [-0.2, 0) is 20.9 Å². The van der Waals surface area contributed by atoms with E-state index in [9.17, 15) is 9.59 Å². The van der Waals surface area contributed by atoms with Crippen molar-refractivity contribution in [3.63, 3.8) is 0 Å². The maximum Gasteiger partial charge on any atom is 0.311 e. The lowest BCUT2D eigenvalue weighted by Crippen LogP contribution is -2.28. The van der Waals surface area contributed by atoms with Crippen LogP contribution in [0.4, 0.5) is 0 Å². The molecule has 18 heavy (non-hydrogen) atoms. The van der Waals surface area contributed by atoms with E-state index in [2.05, 4.69) is 0 Å². The van der Waals surface area contributed by atoms with Crippen LogP contribution in [0.2, 0.25) is 0 Å². The lowest BCUT2D eigenvalue weighted by atomic mass is 10.1. The number of amides is 1. The SMILES string of the molecule is CC(=O)N1CCC(C(=O)OCc2ccccc2)C1. The van der Waals surface area contributed by atoms with Gasteiger partial charge in [-0.15, -0.1) is 0 Å². The summed E-state index contributed by atoms with van der Waals surface area (Å²) in [7, 11) is 0. The Kier molecular flexibility index (Phi) is 3.97. The highest BCUT2D eigenvalue weighted by atomic mass is 16.5. The second kappa shape index (κ2) is 5.67. The standard InChI is InChI=1S/C14H17NO3/c1-11(16)15-8-7-13(9-15)14(17)18-10-12-5-3-2-4-6-12/h2-6,13H,7-10H2,1H3. The van der Waals surface area contributed by atoms with E-state index in [1.54, 1.807) is 4.90 Å². The largest absolute Gasteiger partial charge is 0.461 e. The Bertz CT molecular complexity index is 430. The summed E-state index contributed by atoms with van der Waals surface area (Å²) in [6.45, 7) is 2.97. The summed E-state index contributed by atoms with van der Waals surface area (Å²) in [4.78, 5) is 24.7. The average Bonchev–Trinajstić information content (AvgIpc) is 2.87. The maximum absolute atomic E-state index is 11.8. The molecule has 0 aromatic heterocycles. The molecule has 1 unspecified atom stereocenters. The first-order valence-electron chi connectivity index (χ1n) is 6.13. The summed E-state index contributed by atoms with van der Waals surface area (Å²) >= 11 is 0. The second-order valence-electron chi connectivity index (χ2n) is 4.54. The van der Waals surface area contributed by atoms with Gasteiger partial charge in [-0.3, -0.25) is 9.59 Å². The van der Waals surface area contributed by atoms with Crippen LogP contribution in [-0.4, -0.2) is 29.9 Å². The lowest BCUT2D eigenvalue weighted by Gasteiger charge is -2.13. The first kappa shape index (κ1) is 12.6. The third-order valence-electron chi connectivity index (χ3n) is 3.19. The van der Waals surface area contributed by atoms with Gasteiger partial charge in [-0.1, -0.05) is 30.3 Å². The number of carbonyl (C=O) groups is 2. The van der Waals surface area contributed by atoms with Crippen molar-refractivity contribution in [2.45, 2.75) is 20.0 Å². The van der Waals surface area contributed by atoms with Crippen LogP contribution in [0.1, 0.15) is 18.9 Å². The van der Waals surface area contributed by atoms with Crippen LogP contribution < -0.4 is 0 Å². The molecule has 0 spiro atoms. The molecule has 1 aliphatic rings. The number of esters is 1. The summed E-state index contributed by atoms with van der Waals surface area (Å²) in [5.74, 6) is -0.353. The highest BCUT2D eigenvalue weighted by Crippen LogP contribution is 2.18. The quantitative estimate of drug-likeness (QED) is 0.762. The molecule has 1 fully saturated rings. The highest BCUT2D eigenvalue weighted by molar-refractivity contribution is 5.77. The molecule has 96 valence electrons. The number of rotatable bonds is 3. The van der Waals surface area contributed by atoms with Crippen molar-refractivity contribution in [3.8, 4) is 0 Å². The molecular formula is C14H17NO3. The summed E-state index contributed by atoms with van der Waals surface area (Å²) < 4.78 is 5.26. The molecule has 0 N–H and O–H groups in total. The van der Waals surface area contributed by atoms with Gasteiger partial charge in [-0.2, -0.15) is 0 Å². The zero-order chi connectivity index (χ0) is 13.0. The number of likely N-dealkylation sites (tertiary alicyclic amines) is 1. The molecule has 1 atom stereocenters. The fourth-order valence-corrected chi connectivity index (χ4v) is 2.09. The van der Waals surface area contributed by atoms with Gasteiger partial charge in [-0.25, -0.2) is 0 Å². The Hall–Kier alpha value is -1.84. The van der Waals surface area contributed by atoms with Gasteiger partial charge in [0.1, 0.15) is 6.61 Å². The van der Waals surface area contributed by atoms with Crippen molar-refractivity contribution in [1.82, 2.24) is 4.90 Å². The molecule has 4 heteroatoms. The van der Waals surface area contributed by atoms with E-state index in [0.717, 1.165) is 5.56 Å². The van der Waals surface area contributed by atoms with Gasteiger partial charge in [0.2, 0.25) is 5.91 Å². The van der Waals surface area contributed by atoms with Gasteiger partial charge in [0, 0.05) is 20.0 Å². The smallest absolute Gasteiger partial charge is 0.311 e. The molecule has 4 nitrogen and oxygen atoms in total. The Balaban J connectivity index is 1.81. The highest BCUT2D eigenvalue weighted by Gasteiger charge is 2.30. The van der Waals surface area contributed by atoms with Crippen molar-refractivity contribution in [1.29, 1.82) is 0 Å². The van der Waals surface area contributed by atoms with E-state index in [0.29, 0.717) is 26.1 Å². The molecule has 1 amide bonds. The van der Waals surface area contributed by atoms with Crippen molar-refractivity contribution < 1.29 is 14.3 Å². The molecule has 2 rings (SSSR count). The van der Waals surface area contributed by atoms with Crippen molar-refractivity contribution >= 4 is 11.9 Å². The Morgan fingerprint density at radius 3 is 2.67 bits per heavy atom. The topological polar surface area (TPSA) is 46.6 Å². The lowest BCUT2D eigenvalue weighted by molar-refractivity contribution is -0.149. The van der Waals surface area contributed by atoms with E-state index < -0.39 is 0 Å². The molecule has 1 aliphatic heterocycles. The number of hydrogen-bond acceptors (Lipinski definition) is 3. The Labute approximate surface area is 107 Å². The number of benzene rings is 1. The van der Waals surface area contributed by atoms with Gasteiger partial charge in [0.05, 0.1) is 5.92 Å². The zero-order valence-corrected chi connectivity index (χ0v) is 10.5. The maximum atomic E-state index is 11.8. The molecular weight excluding hydrogens is 230 g/mol. The van der Waals surface area contributed by atoms with Crippen LogP contribution in [0.15, 0.2) is 30.3 Å². The van der Waals surface area contributed by atoms with E-state index in [-0.39, 0.29) is 17.8 Å². The minimum absolute atomic E-state index is 0.0216. The predicted octanol–water partition coefficient (Wildman–Crippen LogP) is 1.60. The summed E-state index contributed by atoms with van der Waals surface area (Å²) in [5.41, 5.74) is 0.979. The summed E-state index contributed by atoms with van der Waals surface area (Å²) in [6, 6.07) is 9.59. The number of ether oxygens (including phenoxy) is 1. The fraction of sp³-hybridized carbons (Fsp3) is 0.429. The van der Waals surface area contributed by atoms with Gasteiger partial charge in [0.15, 0.2) is 0 Å². The third kappa shape index (κ3) is 3.09. The minimum Gasteiger partial charge on any atom is -0.461 e. The molecule has 0 saturated carbocycles. The molecule has 0 aliphatic carbocycles. The van der Waals surface area contributed by atoms with E-state index in [1.807, 2.05) is 30.3 Å².